The highest BCUT2D eigenvalue weighted by Gasteiger charge is 2.29. The zero-order chi connectivity index (χ0) is 24.6. The number of nitrogens with zero attached hydrogens (tertiary/aromatic N) is 2. The Labute approximate surface area is 187 Å². The highest BCUT2D eigenvalue weighted by atomic mass is 32.2. The zero-order valence-electron chi connectivity index (χ0n) is 17.1. The van der Waals surface area contributed by atoms with Gasteiger partial charge in [0.05, 0.1) is 5.69 Å². The Balaban J connectivity index is 0.000000414. The summed E-state index contributed by atoms with van der Waals surface area (Å²) in [6, 6.07) is 11.5. The molecule has 0 saturated carbocycles. The number of hydrogen-bond donors (Lipinski definition) is 3. The lowest BCUT2D eigenvalue weighted by Gasteiger charge is -2.10. The fourth-order valence-electron chi connectivity index (χ4n) is 2.61. The van der Waals surface area contributed by atoms with E-state index in [4.69, 9.17) is 10.2 Å². The number of rotatable bonds is 7. The molecule has 3 N–H and O–H groups in total. The van der Waals surface area contributed by atoms with Crippen molar-refractivity contribution in [2.24, 2.45) is 0 Å². The molecule has 0 aliphatic carbocycles. The van der Waals surface area contributed by atoms with Gasteiger partial charge in [0, 0.05) is 30.5 Å². The fraction of sp³-hybridized carbons (Fsp3) is 0.0952. The number of aliphatic carboxylic acids is 2. The van der Waals surface area contributed by atoms with Crippen molar-refractivity contribution in [3.05, 3.63) is 84.2 Å². The van der Waals surface area contributed by atoms with Crippen LogP contribution in [0.5, 0.6) is 0 Å². The maximum absolute atomic E-state index is 14.1. The highest BCUT2D eigenvalue weighted by Crippen LogP contribution is 2.27. The maximum Gasteiger partial charge on any atom is 0.328 e. The van der Waals surface area contributed by atoms with Crippen LogP contribution in [0.2, 0.25) is 0 Å². The lowest BCUT2D eigenvalue weighted by molar-refractivity contribution is -0.134. The third-order valence-electron chi connectivity index (χ3n) is 3.92. The van der Waals surface area contributed by atoms with E-state index >= 15 is 0 Å². The van der Waals surface area contributed by atoms with Gasteiger partial charge in [-0.25, -0.2) is 35.7 Å². The van der Waals surface area contributed by atoms with E-state index in [2.05, 4.69) is 10.3 Å². The lowest BCUT2D eigenvalue weighted by atomic mass is 10.2. The number of halogens is 2. The predicted molar refractivity (Wildman–Crippen MR) is 114 cm³/mol. The summed E-state index contributed by atoms with van der Waals surface area (Å²) in [5.74, 6) is -4.72. The Morgan fingerprint density at radius 2 is 1.55 bits per heavy atom. The summed E-state index contributed by atoms with van der Waals surface area (Å²) in [6.45, 7) is 0.308. The first kappa shape index (κ1) is 25.4. The third-order valence-corrected chi connectivity index (χ3v) is 5.62. The Hall–Kier alpha value is -3.90. The number of aromatic nitrogens is 2. The number of carboxylic acids is 2. The molecule has 0 atom stereocenters. The van der Waals surface area contributed by atoms with Gasteiger partial charge < -0.3 is 15.5 Å². The van der Waals surface area contributed by atoms with Crippen LogP contribution < -0.4 is 5.32 Å². The Morgan fingerprint density at radius 1 is 1.00 bits per heavy atom. The van der Waals surface area contributed by atoms with E-state index in [9.17, 15) is 26.8 Å². The van der Waals surface area contributed by atoms with Crippen molar-refractivity contribution < 1.29 is 37.0 Å². The van der Waals surface area contributed by atoms with Crippen LogP contribution in [0.3, 0.4) is 0 Å². The molecule has 0 aliphatic heterocycles. The normalized spacial score (nSPS) is 11.1. The number of carboxylic acid groups (broad SMARTS) is 2. The monoisotopic (exact) mass is 479 g/mol. The van der Waals surface area contributed by atoms with Crippen molar-refractivity contribution in [2.45, 2.75) is 11.4 Å². The van der Waals surface area contributed by atoms with Crippen LogP contribution >= 0.6 is 0 Å². The van der Waals surface area contributed by atoms with Crippen molar-refractivity contribution in [1.82, 2.24) is 14.3 Å². The van der Waals surface area contributed by atoms with E-state index < -0.39 is 38.5 Å². The van der Waals surface area contributed by atoms with Gasteiger partial charge in [-0.2, -0.15) is 0 Å². The Bertz CT molecular complexity index is 1240. The molecule has 0 aliphatic rings. The van der Waals surface area contributed by atoms with Crippen LogP contribution in [0.15, 0.2) is 71.8 Å². The molecule has 3 aromatic rings. The first-order valence-corrected chi connectivity index (χ1v) is 10.6. The fourth-order valence-corrected chi connectivity index (χ4v) is 4.07. The molecule has 0 bridgehead atoms. The molecule has 2 aromatic carbocycles. The summed E-state index contributed by atoms with van der Waals surface area (Å²) in [6.07, 6.45) is 2.38. The molecule has 0 fully saturated rings. The van der Waals surface area contributed by atoms with Crippen molar-refractivity contribution in [3.8, 4) is 11.4 Å². The smallest absolute Gasteiger partial charge is 0.328 e. The number of imidazole rings is 1. The van der Waals surface area contributed by atoms with Gasteiger partial charge in [0.2, 0.25) is 0 Å². The number of hydrogen-bond acceptors (Lipinski definition) is 6. The SMILES string of the molecule is CNCc1cn(S(=O)(=O)c2c(F)cccc2F)c(-c2ccccc2)n1.O=C(O)/C=C/C(=O)O. The summed E-state index contributed by atoms with van der Waals surface area (Å²) >= 11 is 0. The summed E-state index contributed by atoms with van der Waals surface area (Å²) in [5.41, 5.74) is 0.951. The average Bonchev–Trinajstić information content (AvgIpc) is 3.18. The van der Waals surface area contributed by atoms with Gasteiger partial charge in [-0.3, -0.25) is 0 Å². The quantitative estimate of drug-likeness (QED) is 0.440. The average molecular weight is 479 g/mol. The molecule has 0 radical (unpaired) electrons. The molecular weight excluding hydrogens is 460 g/mol. The summed E-state index contributed by atoms with van der Waals surface area (Å²) in [4.78, 5) is 22.4. The van der Waals surface area contributed by atoms with E-state index in [0.717, 1.165) is 22.2 Å². The minimum atomic E-state index is -4.50. The van der Waals surface area contributed by atoms with E-state index in [1.165, 1.54) is 6.20 Å². The second-order valence-electron chi connectivity index (χ2n) is 6.31. The van der Waals surface area contributed by atoms with Crippen LogP contribution in [0.25, 0.3) is 11.4 Å². The second-order valence-corrected chi connectivity index (χ2v) is 8.07. The molecule has 12 heteroatoms. The molecule has 0 amide bonds. The van der Waals surface area contributed by atoms with Gasteiger partial charge in [0.15, 0.2) is 10.7 Å². The van der Waals surface area contributed by atoms with Gasteiger partial charge in [-0.05, 0) is 19.2 Å². The van der Waals surface area contributed by atoms with Crippen LogP contribution in [-0.4, -0.2) is 46.6 Å². The molecule has 0 saturated heterocycles. The highest BCUT2D eigenvalue weighted by molar-refractivity contribution is 7.90. The molecule has 33 heavy (non-hydrogen) atoms. The molecule has 9 nitrogen and oxygen atoms in total. The zero-order valence-corrected chi connectivity index (χ0v) is 18.0. The van der Waals surface area contributed by atoms with Crippen molar-refractivity contribution in [3.63, 3.8) is 0 Å². The molecule has 0 unspecified atom stereocenters. The van der Waals surface area contributed by atoms with Crippen LogP contribution in [0.1, 0.15) is 5.69 Å². The largest absolute Gasteiger partial charge is 0.478 e. The molecule has 1 aromatic heterocycles. The second kappa shape index (κ2) is 11.1. The predicted octanol–water partition coefficient (Wildman–Crippen LogP) is 2.50. The number of nitrogens with one attached hydrogen (secondary N) is 1. The molecule has 174 valence electrons. The summed E-state index contributed by atoms with van der Waals surface area (Å²) in [5, 5.41) is 18.5. The summed E-state index contributed by atoms with van der Waals surface area (Å²) < 4.78 is 54.7. The van der Waals surface area contributed by atoms with E-state index in [1.54, 1.807) is 37.4 Å². The Kier molecular flexibility index (Phi) is 8.54. The van der Waals surface area contributed by atoms with Crippen LogP contribution in [-0.2, 0) is 26.2 Å². The third kappa shape index (κ3) is 6.54. The Morgan fingerprint density at radius 3 is 2.03 bits per heavy atom. The molecule has 3 rings (SSSR count). The van der Waals surface area contributed by atoms with Gasteiger partial charge in [-0.15, -0.1) is 0 Å². The van der Waals surface area contributed by atoms with Gasteiger partial charge in [-0.1, -0.05) is 36.4 Å². The van der Waals surface area contributed by atoms with Crippen LogP contribution in [0, 0.1) is 11.6 Å². The molecular formula is C21H19F2N3O6S. The lowest BCUT2D eigenvalue weighted by Crippen LogP contribution is -2.17. The summed E-state index contributed by atoms with van der Waals surface area (Å²) in [7, 11) is -2.81. The molecule has 0 spiro atoms. The van der Waals surface area contributed by atoms with Gasteiger partial charge in [0.1, 0.15) is 11.6 Å². The standard InChI is InChI=1S/C17H15F2N3O2S.C4H4O4/c1-20-10-13-11-22(17(21-13)12-6-3-2-4-7-12)25(23,24)16-14(18)8-5-9-15(16)19;5-3(6)1-2-4(7)8/h2-9,11,20H,10H2,1H3;1-2H,(H,5,6)(H,7,8)/b;2-1+. The first-order valence-electron chi connectivity index (χ1n) is 9.19. The van der Waals surface area contributed by atoms with Gasteiger partial charge >= 0.3 is 11.9 Å². The minimum absolute atomic E-state index is 0.0912. The minimum Gasteiger partial charge on any atom is -0.478 e. The van der Waals surface area contributed by atoms with Crippen molar-refractivity contribution in [2.75, 3.05) is 7.05 Å². The van der Waals surface area contributed by atoms with E-state index in [-0.39, 0.29) is 5.82 Å². The molecule has 1 heterocycles. The number of benzene rings is 2. The first-order chi connectivity index (χ1) is 15.6. The number of carbonyl (C=O) groups is 2. The maximum atomic E-state index is 14.1. The topological polar surface area (TPSA) is 139 Å². The van der Waals surface area contributed by atoms with E-state index in [0.29, 0.717) is 30.0 Å². The van der Waals surface area contributed by atoms with Crippen LogP contribution in [0.4, 0.5) is 8.78 Å². The van der Waals surface area contributed by atoms with Crippen molar-refractivity contribution >= 4 is 22.0 Å². The van der Waals surface area contributed by atoms with Gasteiger partial charge in [0.25, 0.3) is 10.0 Å². The van der Waals surface area contributed by atoms with Crippen molar-refractivity contribution in [1.29, 1.82) is 0 Å². The van der Waals surface area contributed by atoms with E-state index in [1.807, 2.05) is 0 Å².